The fourth-order valence-corrected chi connectivity index (χ4v) is 2.29. The maximum atomic E-state index is 12.1. The molecule has 1 amide bonds. The Kier molecular flexibility index (Phi) is 5.29. The molecule has 5 heteroatoms. The molecule has 0 bridgehead atoms. The molecule has 0 aliphatic rings. The molecular weight excluding hydrogens is 330 g/mol. The third-order valence-corrected chi connectivity index (χ3v) is 3.68. The molecule has 0 radical (unpaired) electrons. The fraction of sp³-hybridized carbons (Fsp3) is 0.0476. The van der Waals surface area contributed by atoms with Crippen LogP contribution in [0, 0.1) is 0 Å². The molecule has 5 nitrogen and oxygen atoms in total. The number of carbonyl (C=O) groups excluding carboxylic acids is 2. The number of methoxy groups -OCH3 is 1. The lowest BCUT2D eigenvalue weighted by atomic mass is 10.2. The first-order valence-electron chi connectivity index (χ1n) is 7.98. The molecule has 1 N–H and O–H groups in total. The third-order valence-electron chi connectivity index (χ3n) is 3.68. The molecule has 0 aliphatic heterocycles. The predicted octanol–water partition coefficient (Wildman–Crippen LogP) is 4.17. The zero-order valence-electron chi connectivity index (χ0n) is 14.1. The van der Waals surface area contributed by atoms with Crippen LogP contribution in [0.2, 0.25) is 0 Å². The number of hydrogen-bond donors (Lipinski definition) is 1. The summed E-state index contributed by atoms with van der Waals surface area (Å²) < 4.78 is 10.4. The summed E-state index contributed by atoms with van der Waals surface area (Å²) in [5, 5.41) is 2.79. The molecular formula is C21H17NO4. The number of amides is 1. The minimum atomic E-state index is -0.464. The van der Waals surface area contributed by atoms with Crippen LogP contribution in [-0.4, -0.2) is 19.0 Å². The van der Waals surface area contributed by atoms with E-state index in [4.69, 9.17) is 9.47 Å². The maximum Gasteiger partial charge on any atom is 0.343 e. The van der Waals surface area contributed by atoms with Crippen LogP contribution in [0.25, 0.3) is 0 Å². The molecule has 0 unspecified atom stereocenters. The van der Waals surface area contributed by atoms with Gasteiger partial charge in [0.05, 0.1) is 12.7 Å². The molecule has 0 saturated carbocycles. The Bertz CT molecular complexity index is 888. The summed E-state index contributed by atoms with van der Waals surface area (Å²) in [6.07, 6.45) is 0. The van der Waals surface area contributed by atoms with E-state index in [0.717, 1.165) is 0 Å². The SMILES string of the molecule is COc1ccc(C(=O)Oc2ccc(NC(=O)c3ccccc3)cc2)cc1. The molecule has 0 aliphatic carbocycles. The van der Waals surface area contributed by atoms with Gasteiger partial charge in [0.2, 0.25) is 0 Å². The number of rotatable bonds is 5. The predicted molar refractivity (Wildman–Crippen MR) is 98.8 cm³/mol. The molecule has 0 aromatic heterocycles. The van der Waals surface area contributed by atoms with Crippen LogP contribution < -0.4 is 14.8 Å². The van der Waals surface area contributed by atoms with Crippen LogP contribution in [0.15, 0.2) is 78.9 Å². The van der Waals surface area contributed by atoms with E-state index >= 15 is 0 Å². The van der Waals surface area contributed by atoms with E-state index in [1.165, 1.54) is 0 Å². The molecule has 3 rings (SSSR count). The fourth-order valence-electron chi connectivity index (χ4n) is 2.29. The summed E-state index contributed by atoms with van der Waals surface area (Å²) in [7, 11) is 1.56. The summed E-state index contributed by atoms with van der Waals surface area (Å²) in [6.45, 7) is 0. The number of esters is 1. The van der Waals surface area contributed by atoms with Gasteiger partial charge in [-0.25, -0.2) is 4.79 Å². The van der Waals surface area contributed by atoms with Gasteiger partial charge in [0.25, 0.3) is 5.91 Å². The van der Waals surface area contributed by atoms with Gasteiger partial charge >= 0.3 is 5.97 Å². The van der Waals surface area contributed by atoms with Gasteiger partial charge < -0.3 is 14.8 Å². The van der Waals surface area contributed by atoms with Crippen molar-refractivity contribution in [3.05, 3.63) is 90.0 Å². The van der Waals surface area contributed by atoms with Crippen molar-refractivity contribution < 1.29 is 19.1 Å². The van der Waals surface area contributed by atoms with Gasteiger partial charge in [-0.3, -0.25) is 4.79 Å². The summed E-state index contributed by atoms with van der Waals surface area (Å²) in [6, 6.07) is 22.2. The smallest absolute Gasteiger partial charge is 0.343 e. The average Bonchev–Trinajstić information content (AvgIpc) is 2.70. The molecule has 0 heterocycles. The maximum absolute atomic E-state index is 12.1. The van der Waals surface area contributed by atoms with Crippen molar-refractivity contribution in [3.63, 3.8) is 0 Å². The van der Waals surface area contributed by atoms with E-state index in [1.807, 2.05) is 6.07 Å². The second-order valence-electron chi connectivity index (χ2n) is 5.46. The topological polar surface area (TPSA) is 64.6 Å². The van der Waals surface area contributed by atoms with Gasteiger partial charge in [-0.15, -0.1) is 0 Å². The van der Waals surface area contributed by atoms with Crippen LogP contribution >= 0.6 is 0 Å². The second kappa shape index (κ2) is 7.98. The zero-order chi connectivity index (χ0) is 18.4. The van der Waals surface area contributed by atoms with E-state index in [9.17, 15) is 9.59 Å². The number of carbonyl (C=O) groups is 2. The van der Waals surface area contributed by atoms with Crippen molar-refractivity contribution in [1.82, 2.24) is 0 Å². The summed E-state index contributed by atoms with van der Waals surface area (Å²) in [5.41, 5.74) is 1.61. The van der Waals surface area contributed by atoms with Crippen molar-refractivity contribution in [2.45, 2.75) is 0 Å². The zero-order valence-corrected chi connectivity index (χ0v) is 14.1. The Hall–Kier alpha value is -3.60. The van der Waals surface area contributed by atoms with Gasteiger partial charge in [-0.05, 0) is 60.7 Å². The first-order valence-corrected chi connectivity index (χ1v) is 7.98. The Morgan fingerprint density at radius 3 is 1.96 bits per heavy atom. The van der Waals surface area contributed by atoms with Crippen LogP contribution in [0.4, 0.5) is 5.69 Å². The number of anilines is 1. The lowest BCUT2D eigenvalue weighted by Gasteiger charge is -2.08. The number of hydrogen-bond acceptors (Lipinski definition) is 4. The summed E-state index contributed by atoms with van der Waals surface area (Å²) in [4.78, 5) is 24.2. The van der Waals surface area contributed by atoms with Crippen LogP contribution in [0.3, 0.4) is 0 Å². The first kappa shape index (κ1) is 17.2. The van der Waals surface area contributed by atoms with Crippen molar-refractivity contribution in [3.8, 4) is 11.5 Å². The number of ether oxygens (including phenoxy) is 2. The van der Waals surface area contributed by atoms with Gasteiger partial charge in [0, 0.05) is 11.3 Å². The summed E-state index contributed by atoms with van der Waals surface area (Å²) in [5.74, 6) is 0.394. The quantitative estimate of drug-likeness (QED) is 0.556. The molecule has 0 saturated heterocycles. The lowest BCUT2D eigenvalue weighted by molar-refractivity contribution is 0.0734. The normalized spacial score (nSPS) is 10.0. The van der Waals surface area contributed by atoms with E-state index < -0.39 is 5.97 Å². The molecule has 26 heavy (non-hydrogen) atoms. The van der Waals surface area contributed by atoms with E-state index in [0.29, 0.717) is 28.3 Å². The highest BCUT2D eigenvalue weighted by Crippen LogP contribution is 2.19. The highest BCUT2D eigenvalue weighted by molar-refractivity contribution is 6.04. The van der Waals surface area contributed by atoms with Crippen molar-refractivity contribution in [2.24, 2.45) is 0 Å². The van der Waals surface area contributed by atoms with Gasteiger partial charge in [0.1, 0.15) is 11.5 Å². The number of nitrogens with one attached hydrogen (secondary N) is 1. The van der Waals surface area contributed by atoms with E-state index in [2.05, 4.69) is 5.32 Å². The Balaban J connectivity index is 1.62. The Labute approximate surface area is 151 Å². The standard InChI is InChI=1S/C21H17NO4/c1-25-18-11-7-16(8-12-18)21(24)26-19-13-9-17(10-14-19)22-20(23)15-5-3-2-4-6-15/h2-14H,1H3,(H,22,23). The van der Waals surface area contributed by atoms with Crippen LogP contribution in [-0.2, 0) is 0 Å². The minimum absolute atomic E-state index is 0.200. The third kappa shape index (κ3) is 4.27. The molecule has 0 fully saturated rings. The monoisotopic (exact) mass is 347 g/mol. The molecule has 130 valence electrons. The highest BCUT2D eigenvalue weighted by atomic mass is 16.5. The van der Waals surface area contributed by atoms with Crippen molar-refractivity contribution >= 4 is 17.6 Å². The van der Waals surface area contributed by atoms with E-state index in [-0.39, 0.29) is 5.91 Å². The minimum Gasteiger partial charge on any atom is -0.497 e. The molecule has 3 aromatic carbocycles. The largest absolute Gasteiger partial charge is 0.497 e. The molecule has 3 aromatic rings. The van der Waals surface area contributed by atoms with Crippen molar-refractivity contribution in [2.75, 3.05) is 12.4 Å². The highest BCUT2D eigenvalue weighted by Gasteiger charge is 2.09. The molecule has 0 atom stereocenters. The lowest BCUT2D eigenvalue weighted by Crippen LogP contribution is -2.12. The Morgan fingerprint density at radius 2 is 1.35 bits per heavy atom. The van der Waals surface area contributed by atoms with Crippen LogP contribution in [0.1, 0.15) is 20.7 Å². The van der Waals surface area contributed by atoms with Gasteiger partial charge in [-0.2, -0.15) is 0 Å². The van der Waals surface area contributed by atoms with Gasteiger partial charge in [-0.1, -0.05) is 18.2 Å². The second-order valence-corrected chi connectivity index (χ2v) is 5.46. The average molecular weight is 347 g/mol. The first-order chi connectivity index (χ1) is 12.7. The van der Waals surface area contributed by atoms with Gasteiger partial charge in [0.15, 0.2) is 0 Å². The Morgan fingerprint density at radius 1 is 0.731 bits per heavy atom. The van der Waals surface area contributed by atoms with E-state index in [1.54, 1.807) is 79.9 Å². The van der Waals surface area contributed by atoms with Crippen LogP contribution in [0.5, 0.6) is 11.5 Å². The summed E-state index contributed by atoms with van der Waals surface area (Å²) >= 11 is 0. The van der Waals surface area contributed by atoms with Crippen molar-refractivity contribution in [1.29, 1.82) is 0 Å². The number of benzene rings is 3. The molecule has 0 spiro atoms.